The van der Waals surface area contributed by atoms with Crippen LogP contribution in [0, 0.1) is 6.92 Å². The molecule has 0 aliphatic carbocycles. The van der Waals surface area contributed by atoms with Gasteiger partial charge in [-0.1, -0.05) is 13.8 Å². The first-order valence-electron chi connectivity index (χ1n) is 8.27. The van der Waals surface area contributed by atoms with Gasteiger partial charge in [0.05, 0.1) is 6.10 Å². The summed E-state index contributed by atoms with van der Waals surface area (Å²) in [6.07, 6.45) is 5.87. The molecule has 1 aromatic rings. The average molecular weight is 291 g/mol. The van der Waals surface area contributed by atoms with Crippen molar-refractivity contribution < 1.29 is 4.74 Å². The lowest BCUT2D eigenvalue weighted by Gasteiger charge is -2.35. The van der Waals surface area contributed by atoms with Gasteiger partial charge >= 0.3 is 0 Å². The van der Waals surface area contributed by atoms with Crippen molar-refractivity contribution in [2.45, 2.75) is 52.7 Å². The van der Waals surface area contributed by atoms with Crippen LogP contribution in [0.1, 0.15) is 44.4 Å². The third-order valence-corrected chi connectivity index (χ3v) is 3.94. The van der Waals surface area contributed by atoms with Crippen molar-refractivity contribution in [3.8, 4) is 0 Å². The molecule has 0 amide bonds. The SMILES string of the molecule is CCCOC1CCCN(c2cc(C)ncc2CNCC)C1. The minimum absolute atomic E-state index is 0.374. The van der Waals surface area contributed by atoms with E-state index in [9.17, 15) is 0 Å². The van der Waals surface area contributed by atoms with E-state index in [2.05, 4.69) is 42.0 Å². The number of hydrogen-bond acceptors (Lipinski definition) is 4. The molecule has 1 unspecified atom stereocenters. The van der Waals surface area contributed by atoms with Gasteiger partial charge in [-0.3, -0.25) is 4.98 Å². The van der Waals surface area contributed by atoms with Crippen LogP contribution in [-0.2, 0) is 11.3 Å². The molecule has 1 saturated heterocycles. The topological polar surface area (TPSA) is 37.4 Å². The van der Waals surface area contributed by atoms with Gasteiger partial charge in [0.1, 0.15) is 0 Å². The molecule has 0 aromatic carbocycles. The van der Waals surface area contributed by atoms with E-state index in [1.165, 1.54) is 24.1 Å². The van der Waals surface area contributed by atoms with E-state index in [0.29, 0.717) is 6.10 Å². The van der Waals surface area contributed by atoms with Gasteiger partial charge in [-0.15, -0.1) is 0 Å². The third-order valence-electron chi connectivity index (χ3n) is 3.94. The van der Waals surface area contributed by atoms with E-state index in [4.69, 9.17) is 4.74 Å². The Balaban J connectivity index is 2.09. The Morgan fingerprint density at radius 3 is 3.05 bits per heavy atom. The Hall–Kier alpha value is -1.13. The van der Waals surface area contributed by atoms with E-state index in [1.807, 2.05) is 6.20 Å². The molecule has 0 saturated carbocycles. The van der Waals surface area contributed by atoms with Gasteiger partial charge < -0.3 is 15.0 Å². The van der Waals surface area contributed by atoms with Gasteiger partial charge in [0.25, 0.3) is 0 Å². The lowest BCUT2D eigenvalue weighted by molar-refractivity contribution is 0.0440. The van der Waals surface area contributed by atoms with E-state index in [0.717, 1.165) is 44.9 Å². The number of hydrogen-bond donors (Lipinski definition) is 1. The minimum Gasteiger partial charge on any atom is -0.376 e. The second-order valence-corrected chi connectivity index (χ2v) is 5.82. The van der Waals surface area contributed by atoms with Crippen molar-refractivity contribution in [3.63, 3.8) is 0 Å². The van der Waals surface area contributed by atoms with Crippen LogP contribution in [0.4, 0.5) is 5.69 Å². The summed E-state index contributed by atoms with van der Waals surface area (Å²) >= 11 is 0. The zero-order valence-corrected chi connectivity index (χ0v) is 13.7. The molecule has 1 aliphatic rings. The van der Waals surface area contributed by atoms with Gasteiger partial charge in [-0.2, -0.15) is 0 Å². The predicted octanol–water partition coefficient (Wildman–Crippen LogP) is 2.89. The van der Waals surface area contributed by atoms with E-state index in [1.54, 1.807) is 0 Å². The standard InChI is InChI=1S/C17H29N3O/c1-4-9-21-16-7-6-8-20(13-16)17-10-14(3)19-12-15(17)11-18-5-2/h10,12,16,18H,4-9,11,13H2,1-3H3. The second-order valence-electron chi connectivity index (χ2n) is 5.82. The molecule has 118 valence electrons. The largest absolute Gasteiger partial charge is 0.376 e. The second kappa shape index (κ2) is 8.35. The smallest absolute Gasteiger partial charge is 0.0750 e. The molecule has 1 fully saturated rings. The summed E-state index contributed by atoms with van der Waals surface area (Å²) in [6.45, 7) is 11.2. The first-order chi connectivity index (χ1) is 10.2. The fraction of sp³-hybridized carbons (Fsp3) is 0.706. The van der Waals surface area contributed by atoms with Gasteiger partial charge in [0.2, 0.25) is 0 Å². The molecule has 21 heavy (non-hydrogen) atoms. The van der Waals surface area contributed by atoms with E-state index < -0.39 is 0 Å². The summed E-state index contributed by atoms with van der Waals surface area (Å²) in [6, 6.07) is 2.22. The number of piperidine rings is 1. The van der Waals surface area contributed by atoms with Crippen LogP contribution in [0.2, 0.25) is 0 Å². The Labute approximate surface area is 128 Å². The van der Waals surface area contributed by atoms with Crippen LogP contribution in [0.5, 0.6) is 0 Å². The highest BCUT2D eigenvalue weighted by molar-refractivity contribution is 5.54. The maximum atomic E-state index is 5.96. The lowest BCUT2D eigenvalue weighted by Crippen LogP contribution is -2.40. The molecular weight excluding hydrogens is 262 g/mol. The van der Waals surface area contributed by atoms with Crippen molar-refractivity contribution in [1.82, 2.24) is 10.3 Å². The fourth-order valence-electron chi connectivity index (χ4n) is 2.84. The summed E-state index contributed by atoms with van der Waals surface area (Å²) in [5, 5.41) is 3.41. The number of nitrogens with one attached hydrogen (secondary N) is 1. The highest BCUT2D eigenvalue weighted by Crippen LogP contribution is 2.25. The molecule has 4 nitrogen and oxygen atoms in total. The first kappa shape index (κ1) is 16.2. The molecule has 2 rings (SSSR count). The van der Waals surface area contributed by atoms with Crippen LogP contribution in [0.25, 0.3) is 0 Å². The zero-order chi connectivity index (χ0) is 15.1. The van der Waals surface area contributed by atoms with Gasteiger partial charge in [0, 0.05) is 49.4 Å². The molecule has 2 heterocycles. The third kappa shape index (κ3) is 4.68. The summed E-state index contributed by atoms with van der Waals surface area (Å²) in [5.74, 6) is 0. The fourth-order valence-corrected chi connectivity index (χ4v) is 2.84. The molecule has 1 aromatic heterocycles. The average Bonchev–Trinajstić information content (AvgIpc) is 2.52. The van der Waals surface area contributed by atoms with Crippen molar-refractivity contribution in [3.05, 3.63) is 23.5 Å². The van der Waals surface area contributed by atoms with E-state index >= 15 is 0 Å². The Morgan fingerprint density at radius 2 is 2.29 bits per heavy atom. The quantitative estimate of drug-likeness (QED) is 0.838. The molecule has 1 aliphatic heterocycles. The molecule has 0 spiro atoms. The number of aryl methyl sites for hydroxylation is 1. The van der Waals surface area contributed by atoms with Gasteiger partial charge in [-0.05, 0) is 38.8 Å². The summed E-state index contributed by atoms with van der Waals surface area (Å²) < 4.78 is 5.96. The Kier molecular flexibility index (Phi) is 6.46. The van der Waals surface area contributed by atoms with Crippen LogP contribution >= 0.6 is 0 Å². The molecule has 0 bridgehead atoms. The van der Waals surface area contributed by atoms with Gasteiger partial charge in [0.15, 0.2) is 0 Å². The number of pyridine rings is 1. The highest BCUT2D eigenvalue weighted by Gasteiger charge is 2.22. The van der Waals surface area contributed by atoms with Gasteiger partial charge in [-0.25, -0.2) is 0 Å². The molecule has 1 N–H and O–H groups in total. The number of nitrogens with zero attached hydrogens (tertiary/aromatic N) is 2. The van der Waals surface area contributed by atoms with Crippen LogP contribution in [-0.4, -0.2) is 37.3 Å². The highest BCUT2D eigenvalue weighted by atomic mass is 16.5. The maximum absolute atomic E-state index is 5.96. The van der Waals surface area contributed by atoms with Crippen LogP contribution in [0.3, 0.4) is 0 Å². The monoisotopic (exact) mass is 291 g/mol. The molecular formula is C17H29N3O. The summed E-state index contributed by atoms with van der Waals surface area (Å²) in [5.41, 5.74) is 3.70. The van der Waals surface area contributed by atoms with Crippen molar-refractivity contribution in [2.24, 2.45) is 0 Å². The van der Waals surface area contributed by atoms with Crippen LogP contribution < -0.4 is 10.2 Å². The predicted molar refractivity (Wildman–Crippen MR) is 87.8 cm³/mol. The first-order valence-corrected chi connectivity index (χ1v) is 8.27. The van der Waals surface area contributed by atoms with Crippen molar-refractivity contribution >= 4 is 5.69 Å². The van der Waals surface area contributed by atoms with Crippen molar-refractivity contribution in [1.29, 1.82) is 0 Å². The summed E-state index contributed by atoms with van der Waals surface area (Å²) in [7, 11) is 0. The number of ether oxygens (including phenoxy) is 1. The maximum Gasteiger partial charge on any atom is 0.0750 e. The number of aromatic nitrogens is 1. The van der Waals surface area contributed by atoms with Crippen molar-refractivity contribution in [2.75, 3.05) is 31.1 Å². The minimum atomic E-state index is 0.374. The molecule has 0 radical (unpaired) electrons. The zero-order valence-electron chi connectivity index (χ0n) is 13.7. The number of rotatable bonds is 7. The summed E-state index contributed by atoms with van der Waals surface area (Å²) in [4.78, 5) is 6.94. The lowest BCUT2D eigenvalue weighted by atomic mass is 10.1. The normalized spacial score (nSPS) is 19.0. The Bertz CT molecular complexity index is 436. The molecule has 1 atom stereocenters. The van der Waals surface area contributed by atoms with E-state index in [-0.39, 0.29) is 0 Å². The Morgan fingerprint density at radius 1 is 1.43 bits per heavy atom. The molecule has 4 heteroatoms. The van der Waals surface area contributed by atoms with Crippen LogP contribution in [0.15, 0.2) is 12.3 Å². The number of anilines is 1.